The van der Waals surface area contributed by atoms with Crippen molar-refractivity contribution in [2.24, 2.45) is 0 Å². The van der Waals surface area contributed by atoms with Gasteiger partial charge in [-0.05, 0) is 52.6 Å². The summed E-state index contributed by atoms with van der Waals surface area (Å²) in [7, 11) is 0. The van der Waals surface area contributed by atoms with Gasteiger partial charge in [0.15, 0.2) is 17.5 Å². The fourth-order valence-corrected chi connectivity index (χ4v) is 9.27. The molecule has 0 spiro atoms. The van der Waals surface area contributed by atoms with Crippen molar-refractivity contribution in [2.75, 3.05) is 0 Å². The fourth-order valence-electron chi connectivity index (χ4n) is 6.75. The van der Waals surface area contributed by atoms with E-state index in [2.05, 4.69) is 135 Å². The zero-order chi connectivity index (χ0) is 31.5. The maximum Gasteiger partial charge on any atom is 0.164 e. The molecule has 8 aromatic rings. The van der Waals surface area contributed by atoms with Crippen LogP contribution in [0.1, 0.15) is 25.0 Å². The maximum absolute atomic E-state index is 5.17. The van der Waals surface area contributed by atoms with Crippen molar-refractivity contribution in [1.82, 2.24) is 15.0 Å². The van der Waals surface area contributed by atoms with Crippen molar-refractivity contribution >= 4 is 43.3 Å². The Labute approximate surface area is 282 Å². The van der Waals surface area contributed by atoms with Crippen molar-refractivity contribution < 1.29 is 0 Å². The lowest BCUT2D eigenvalue weighted by molar-refractivity contribution is 0.607. The molecule has 1 aliphatic heterocycles. The van der Waals surface area contributed by atoms with Gasteiger partial charge in [0.05, 0.1) is 0 Å². The molecule has 0 saturated carbocycles. The summed E-state index contributed by atoms with van der Waals surface area (Å²) in [6, 6.07) is 49.5. The normalized spacial score (nSPS) is 13.4. The first-order valence-electron chi connectivity index (χ1n) is 15.8. The van der Waals surface area contributed by atoms with Crippen LogP contribution in [0.5, 0.6) is 0 Å². The van der Waals surface area contributed by atoms with Crippen LogP contribution >= 0.6 is 23.1 Å². The van der Waals surface area contributed by atoms with Gasteiger partial charge in [-0.3, -0.25) is 0 Å². The van der Waals surface area contributed by atoms with Gasteiger partial charge in [0.1, 0.15) is 0 Å². The Morgan fingerprint density at radius 1 is 0.447 bits per heavy atom. The Kier molecular flexibility index (Phi) is 6.59. The van der Waals surface area contributed by atoms with Crippen molar-refractivity contribution in [3.05, 3.63) is 151 Å². The monoisotopic (exact) mass is 639 g/mol. The van der Waals surface area contributed by atoms with Crippen molar-refractivity contribution in [3.8, 4) is 45.3 Å². The summed E-state index contributed by atoms with van der Waals surface area (Å²) in [5.41, 5.74) is 7.78. The molecular formula is C42H29N3S2. The summed E-state index contributed by atoms with van der Waals surface area (Å²) >= 11 is 3.66. The molecule has 5 heteroatoms. The third-order valence-corrected chi connectivity index (χ3v) is 11.5. The molecule has 6 aromatic carbocycles. The Bertz CT molecular complexity index is 2480. The van der Waals surface area contributed by atoms with E-state index in [4.69, 9.17) is 15.0 Å². The first kappa shape index (κ1) is 28.1. The van der Waals surface area contributed by atoms with E-state index in [1.165, 1.54) is 41.1 Å². The van der Waals surface area contributed by atoms with Gasteiger partial charge >= 0.3 is 0 Å². The first-order valence-corrected chi connectivity index (χ1v) is 17.4. The van der Waals surface area contributed by atoms with Gasteiger partial charge in [0, 0.05) is 52.1 Å². The minimum absolute atomic E-state index is 0.117. The topological polar surface area (TPSA) is 38.7 Å². The van der Waals surface area contributed by atoms with Crippen LogP contribution in [0.25, 0.3) is 65.5 Å². The van der Waals surface area contributed by atoms with Crippen LogP contribution in [0, 0.1) is 0 Å². The van der Waals surface area contributed by atoms with Gasteiger partial charge in [-0.25, -0.2) is 15.0 Å². The second-order valence-electron chi connectivity index (χ2n) is 12.5. The van der Waals surface area contributed by atoms with E-state index < -0.39 is 0 Å². The molecule has 47 heavy (non-hydrogen) atoms. The van der Waals surface area contributed by atoms with E-state index >= 15 is 0 Å². The molecule has 0 aliphatic carbocycles. The number of nitrogens with zero attached hydrogens (tertiary/aromatic N) is 3. The van der Waals surface area contributed by atoms with Gasteiger partial charge in [-0.2, -0.15) is 0 Å². The molecule has 0 bridgehead atoms. The molecular weight excluding hydrogens is 611 g/mol. The molecule has 0 unspecified atom stereocenters. The Hall–Kier alpha value is -5.10. The predicted octanol–water partition coefficient (Wildman–Crippen LogP) is 11.7. The van der Waals surface area contributed by atoms with E-state index in [9.17, 15) is 0 Å². The van der Waals surface area contributed by atoms with Crippen molar-refractivity contribution in [2.45, 2.75) is 29.1 Å². The van der Waals surface area contributed by atoms with Gasteiger partial charge in [-0.15, -0.1) is 11.3 Å². The number of hydrogen-bond donors (Lipinski definition) is 0. The van der Waals surface area contributed by atoms with E-state index in [0.29, 0.717) is 17.5 Å². The molecule has 0 radical (unpaired) electrons. The molecule has 224 valence electrons. The van der Waals surface area contributed by atoms with Crippen LogP contribution in [0.4, 0.5) is 0 Å². The van der Waals surface area contributed by atoms with E-state index in [0.717, 1.165) is 27.8 Å². The van der Waals surface area contributed by atoms with Gasteiger partial charge in [-0.1, -0.05) is 135 Å². The molecule has 3 nitrogen and oxygen atoms in total. The Balaban J connectivity index is 1.21. The summed E-state index contributed by atoms with van der Waals surface area (Å²) in [6.07, 6.45) is 0. The summed E-state index contributed by atoms with van der Waals surface area (Å²) in [5, 5.41) is 2.54. The van der Waals surface area contributed by atoms with Crippen LogP contribution in [0.2, 0.25) is 0 Å². The number of thiophene rings is 1. The maximum atomic E-state index is 5.17. The fraction of sp³-hybridized carbons (Fsp3) is 0.0714. The molecule has 0 N–H and O–H groups in total. The molecule has 0 amide bonds. The number of hydrogen-bond acceptors (Lipinski definition) is 5. The highest BCUT2D eigenvalue weighted by Gasteiger charge is 2.33. The minimum Gasteiger partial charge on any atom is -0.208 e. The standard InChI is InChI=1S/C42H29N3S2/c1-42(2)33-17-9-11-19-36(33)47-37-23-21-27(24-34(37)42)29-14-6-7-16-32(29)41-44-39(26-12-4-3-5-13-26)43-40(45-41)28-20-22-31-30-15-8-10-18-35(30)46-38(31)25-28/h3-25H,1-2H3. The van der Waals surface area contributed by atoms with Gasteiger partial charge in [0.25, 0.3) is 0 Å². The SMILES string of the molecule is CC1(C)c2ccccc2Sc2ccc(-c3ccccc3-c3nc(-c4ccccc4)nc(-c4ccc5c(c4)sc4ccccc45)n3)cc21. The third-order valence-electron chi connectivity index (χ3n) is 9.22. The van der Waals surface area contributed by atoms with Crippen molar-refractivity contribution in [3.63, 3.8) is 0 Å². The van der Waals surface area contributed by atoms with E-state index in [1.54, 1.807) is 11.3 Å². The smallest absolute Gasteiger partial charge is 0.164 e. The largest absolute Gasteiger partial charge is 0.208 e. The van der Waals surface area contributed by atoms with Crippen LogP contribution in [-0.4, -0.2) is 15.0 Å². The number of aromatic nitrogens is 3. The lowest BCUT2D eigenvalue weighted by Gasteiger charge is -2.35. The zero-order valence-corrected chi connectivity index (χ0v) is 27.6. The van der Waals surface area contributed by atoms with Crippen LogP contribution in [0.15, 0.2) is 149 Å². The molecule has 2 aromatic heterocycles. The van der Waals surface area contributed by atoms with Crippen LogP contribution in [-0.2, 0) is 5.41 Å². The summed E-state index contributed by atoms with van der Waals surface area (Å²) in [5.74, 6) is 2.00. The lowest BCUT2D eigenvalue weighted by atomic mass is 9.77. The van der Waals surface area contributed by atoms with Crippen LogP contribution in [0.3, 0.4) is 0 Å². The zero-order valence-electron chi connectivity index (χ0n) is 25.9. The molecule has 0 fully saturated rings. The predicted molar refractivity (Wildman–Crippen MR) is 197 cm³/mol. The molecule has 1 aliphatic rings. The molecule has 3 heterocycles. The number of fused-ring (bicyclic) bond motifs is 5. The Morgan fingerprint density at radius 2 is 1.09 bits per heavy atom. The number of rotatable bonds is 4. The summed E-state index contributed by atoms with van der Waals surface area (Å²) in [4.78, 5) is 18.0. The molecule has 0 atom stereocenters. The molecule has 0 saturated heterocycles. The van der Waals surface area contributed by atoms with Gasteiger partial charge in [0.2, 0.25) is 0 Å². The summed E-state index contributed by atoms with van der Waals surface area (Å²) in [6.45, 7) is 4.66. The van der Waals surface area contributed by atoms with Gasteiger partial charge < -0.3 is 0 Å². The second kappa shape index (κ2) is 11.0. The summed E-state index contributed by atoms with van der Waals surface area (Å²) < 4.78 is 2.51. The first-order chi connectivity index (χ1) is 23.0. The Morgan fingerprint density at radius 3 is 1.96 bits per heavy atom. The second-order valence-corrected chi connectivity index (χ2v) is 14.6. The highest BCUT2D eigenvalue weighted by molar-refractivity contribution is 7.99. The highest BCUT2D eigenvalue weighted by Crippen LogP contribution is 2.50. The minimum atomic E-state index is -0.117. The highest BCUT2D eigenvalue weighted by atomic mass is 32.2. The quantitative estimate of drug-likeness (QED) is 0.192. The van der Waals surface area contributed by atoms with Crippen molar-refractivity contribution in [1.29, 1.82) is 0 Å². The van der Waals surface area contributed by atoms with Crippen LogP contribution < -0.4 is 0 Å². The van der Waals surface area contributed by atoms with E-state index in [1.807, 2.05) is 30.0 Å². The average Bonchev–Trinajstić information content (AvgIpc) is 3.50. The third kappa shape index (κ3) is 4.77. The molecule has 9 rings (SSSR count). The average molecular weight is 640 g/mol. The number of benzene rings is 6. The lowest BCUT2D eigenvalue weighted by Crippen LogP contribution is -2.23. The van der Waals surface area contributed by atoms with E-state index in [-0.39, 0.29) is 5.41 Å².